The lowest BCUT2D eigenvalue weighted by atomic mass is 9.97. The lowest BCUT2D eigenvalue weighted by Crippen LogP contribution is -2.40. The minimum Gasteiger partial charge on any atom is -0.290 e. The predicted molar refractivity (Wildman–Crippen MR) is 95.1 cm³/mol. The van der Waals surface area contributed by atoms with Crippen LogP contribution in [0.5, 0.6) is 0 Å². The van der Waals surface area contributed by atoms with Gasteiger partial charge in [0.15, 0.2) is 0 Å². The van der Waals surface area contributed by atoms with Crippen molar-refractivity contribution in [2.45, 2.75) is 25.9 Å². The zero-order valence-corrected chi connectivity index (χ0v) is 14.9. The Balaban J connectivity index is 1.79. The second-order valence-electron chi connectivity index (χ2n) is 5.81. The third-order valence-corrected chi connectivity index (χ3v) is 6.47. The van der Waals surface area contributed by atoms with Gasteiger partial charge in [0, 0.05) is 25.7 Å². The van der Waals surface area contributed by atoms with Crippen molar-refractivity contribution in [3.63, 3.8) is 0 Å². The molecule has 1 unspecified atom stereocenters. The van der Waals surface area contributed by atoms with E-state index in [1.165, 1.54) is 16.7 Å². The highest BCUT2D eigenvalue weighted by Gasteiger charge is 2.26. The molecule has 4 nitrogen and oxygen atoms in total. The maximum Gasteiger partial charge on any atom is 0.211 e. The van der Waals surface area contributed by atoms with Crippen LogP contribution in [0.3, 0.4) is 0 Å². The molecule has 0 bridgehead atoms. The Morgan fingerprint density at radius 1 is 1.26 bits per heavy atom. The summed E-state index contributed by atoms with van der Waals surface area (Å²) in [5.74, 6) is 0.117. The van der Waals surface area contributed by atoms with Crippen molar-refractivity contribution >= 4 is 21.4 Å². The largest absolute Gasteiger partial charge is 0.290 e. The fourth-order valence-corrected chi connectivity index (χ4v) is 4.34. The first-order valence-electron chi connectivity index (χ1n) is 7.89. The number of hydrogen-bond acceptors (Lipinski definition) is 4. The maximum absolute atomic E-state index is 11.8. The third kappa shape index (κ3) is 4.01. The van der Waals surface area contributed by atoms with Crippen molar-refractivity contribution in [3.05, 3.63) is 57.8 Å². The number of fused-ring (bicyclic) bond motifs is 1. The summed E-state index contributed by atoms with van der Waals surface area (Å²) in [5.41, 5.74) is 3.94. The molecular weight excluding hydrogens is 328 g/mol. The smallest absolute Gasteiger partial charge is 0.211 e. The summed E-state index contributed by atoms with van der Waals surface area (Å²) in [6.07, 6.45) is 1.01. The lowest BCUT2D eigenvalue weighted by Gasteiger charge is -2.35. The van der Waals surface area contributed by atoms with Crippen molar-refractivity contribution in [2.24, 2.45) is 0 Å². The van der Waals surface area contributed by atoms with Gasteiger partial charge in [0.1, 0.15) is 0 Å². The van der Waals surface area contributed by atoms with E-state index in [9.17, 15) is 8.42 Å². The van der Waals surface area contributed by atoms with Gasteiger partial charge >= 0.3 is 0 Å². The van der Waals surface area contributed by atoms with E-state index in [0.717, 1.165) is 19.5 Å². The van der Waals surface area contributed by atoms with Crippen LogP contribution in [0, 0.1) is 0 Å². The van der Waals surface area contributed by atoms with Crippen molar-refractivity contribution in [1.82, 2.24) is 9.62 Å². The fraction of sp³-hybridized carbons (Fsp3) is 0.412. The molecule has 1 aliphatic rings. The summed E-state index contributed by atoms with van der Waals surface area (Å²) >= 11 is 1.65. The summed E-state index contributed by atoms with van der Waals surface area (Å²) < 4.78 is 26.4. The molecule has 6 heteroatoms. The quantitative estimate of drug-likeness (QED) is 0.871. The number of nitrogens with one attached hydrogen (secondary N) is 1. The Morgan fingerprint density at radius 3 is 2.74 bits per heavy atom. The molecule has 0 saturated carbocycles. The minimum absolute atomic E-state index is 0.0796. The van der Waals surface area contributed by atoms with Gasteiger partial charge < -0.3 is 0 Å². The fourth-order valence-electron chi connectivity index (χ4n) is 3.01. The van der Waals surface area contributed by atoms with E-state index in [-0.39, 0.29) is 11.8 Å². The highest BCUT2D eigenvalue weighted by atomic mass is 32.2. The lowest BCUT2D eigenvalue weighted by molar-refractivity contribution is 0.181. The second kappa shape index (κ2) is 7.13. The number of benzene rings is 1. The Labute approximate surface area is 142 Å². The van der Waals surface area contributed by atoms with Crippen LogP contribution in [-0.2, 0) is 23.0 Å². The van der Waals surface area contributed by atoms with E-state index < -0.39 is 10.0 Å². The molecular formula is C17H22N2O2S2. The first-order valence-corrected chi connectivity index (χ1v) is 10.5. The van der Waals surface area contributed by atoms with Gasteiger partial charge in [0.05, 0.1) is 5.75 Å². The van der Waals surface area contributed by atoms with Crippen LogP contribution < -0.4 is 4.72 Å². The van der Waals surface area contributed by atoms with Gasteiger partial charge in [0.25, 0.3) is 0 Å². The second-order valence-corrected chi connectivity index (χ2v) is 8.69. The number of hydrogen-bond donors (Lipinski definition) is 1. The molecule has 23 heavy (non-hydrogen) atoms. The van der Waals surface area contributed by atoms with Crippen LogP contribution in [0.1, 0.15) is 29.7 Å². The number of nitrogens with zero attached hydrogens (tertiary/aromatic N) is 1. The molecule has 1 N–H and O–H groups in total. The molecule has 0 saturated heterocycles. The van der Waals surface area contributed by atoms with Crippen LogP contribution in [0.25, 0.3) is 0 Å². The van der Waals surface area contributed by atoms with Crippen LogP contribution in [0.4, 0.5) is 0 Å². The molecule has 124 valence electrons. The summed E-state index contributed by atoms with van der Waals surface area (Å²) in [5, 5.41) is 4.17. The van der Waals surface area contributed by atoms with Crippen LogP contribution in [0.2, 0.25) is 0 Å². The minimum atomic E-state index is -3.18. The first kappa shape index (κ1) is 16.6. The molecule has 0 radical (unpaired) electrons. The third-order valence-electron chi connectivity index (χ3n) is 4.41. The van der Waals surface area contributed by atoms with Gasteiger partial charge in [-0.3, -0.25) is 4.90 Å². The summed E-state index contributed by atoms with van der Waals surface area (Å²) in [6.45, 7) is 3.91. The van der Waals surface area contributed by atoms with E-state index in [4.69, 9.17) is 0 Å². The molecule has 1 aromatic carbocycles. The topological polar surface area (TPSA) is 49.4 Å². The van der Waals surface area contributed by atoms with Gasteiger partial charge in [0.2, 0.25) is 10.0 Å². The SMILES string of the molecule is CCS(=O)(=O)NCC(c1ccsc1)N1CCc2ccccc2C1. The molecule has 1 aliphatic heterocycles. The van der Waals surface area contributed by atoms with E-state index in [0.29, 0.717) is 6.54 Å². The van der Waals surface area contributed by atoms with Gasteiger partial charge in [-0.1, -0.05) is 24.3 Å². The van der Waals surface area contributed by atoms with Gasteiger partial charge in [-0.05, 0) is 46.9 Å². The molecule has 1 atom stereocenters. The van der Waals surface area contributed by atoms with Crippen molar-refractivity contribution < 1.29 is 8.42 Å². The average molecular weight is 351 g/mol. The molecule has 1 aromatic heterocycles. The Bertz CT molecular complexity index is 742. The zero-order valence-electron chi connectivity index (χ0n) is 13.2. The van der Waals surface area contributed by atoms with Gasteiger partial charge in [-0.2, -0.15) is 11.3 Å². The predicted octanol–water partition coefficient (Wildman–Crippen LogP) is 2.79. The van der Waals surface area contributed by atoms with E-state index in [1.54, 1.807) is 18.3 Å². The molecule has 0 fully saturated rings. The summed E-state index contributed by atoms with van der Waals surface area (Å²) in [4.78, 5) is 2.38. The highest BCUT2D eigenvalue weighted by molar-refractivity contribution is 7.89. The summed E-state index contributed by atoms with van der Waals surface area (Å²) in [7, 11) is -3.18. The van der Waals surface area contributed by atoms with Gasteiger partial charge in [-0.15, -0.1) is 0 Å². The van der Waals surface area contributed by atoms with E-state index in [2.05, 4.69) is 50.7 Å². The summed E-state index contributed by atoms with van der Waals surface area (Å²) in [6, 6.07) is 10.7. The van der Waals surface area contributed by atoms with E-state index >= 15 is 0 Å². The Morgan fingerprint density at radius 2 is 2.04 bits per heavy atom. The molecule has 0 aliphatic carbocycles. The van der Waals surface area contributed by atoms with Crippen molar-refractivity contribution in [1.29, 1.82) is 0 Å². The van der Waals surface area contributed by atoms with Crippen LogP contribution in [-0.4, -0.2) is 32.2 Å². The Hall–Kier alpha value is -1.21. The van der Waals surface area contributed by atoms with Gasteiger partial charge in [-0.25, -0.2) is 13.1 Å². The first-order chi connectivity index (χ1) is 11.1. The Kier molecular flexibility index (Phi) is 5.16. The molecule has 3 rings (SSSR count). The molecule has 0 spiro atoms. The zero-order chi connectivity index (χ0) is 16.3. The normalized spacial score (nSPS) is 16.9. The molecule has 0 amide bonds. The monoisotopic (exact) mass is 350 g/mol. The number of rotatable bonds is 6. The maximum atomic E-state index is 11.8. The van der Waals surface area contributed by atoms with Crippen molar-refractivity contribution in [2.75, 3.05) is 18.8 Å². The number of thiophene rings is 1. The number of sulfonamides is 1. The average Bonchev–Trinajstić information content (AvgIpc) is 3.09. The van der Waals surface area contributed by atoms with E-state index in [1.807, 2.05) is 0 Å². The molecule has 2 aromatic rings. The standard InChI is InChI=1S/C17H22N2O2S2/c1-2-23(20,21)18-11-17(16-8-10-22-13-16)19-9-7-14-5-3-4-6-15(14)12-19/h3-6,8,10,13,17-18H,2,7,9,11-12H2,1H3. The molecule has 2 heterocycles. The van der Waals surface area contributed by atoms with Crippen molar-refractivity contribution in [3.8, 4) is 0 Å². The van der Waals surface area contributed by atoms with Crippen LogP contribution in [0.15, 0.2) is 41.1 Å². The van der Waals surface area contributed by atoms with Crippen LogP contribution >= 0.6 is 11.3 Å². The highest BCUT2D eigenvalue weighted by Crippen LogP contribution is 2.28.